The van der Waals surface area contributed by atoms with Crippen molar-refractivity contribution < 1.29 is 17.9 Å². The zero-order valence-electron chi connectivity index (χ0n) is 16.5. The molecule has 0 saturated carbocycles. The SMILES string of the molecule is CCCCOc1cccc(CNC(=O)c2cc(S(=O)(=O)N3CCSCC3)c[nH]2)c1. The molecule has 0 bridgehead atoms. The summed E-state index contributed by atoms with van der Waals surface area (Å²) in [7, 11) is -3.57. The molecule has 0 radical (unpaired) electrons. The number of thioether (sulfide) groups is 1. The topological polar surface area (TPSA) is 91.5 Å². The molecule has 1 aliphatic rings. The van der Waals surface area contributed by atoms with E-state index >= 15 is 0 Å². The average Bonchev–Trinajstić information content (AvgIpc) is 3.24. The minimum absolute atomic E-state index is 0.126. The van der Waals surface area contributed by atoms with Gasteiger partial charge in [0.2, 0.25) is 10.0 Å². The van der Waals surface area contributed by atoms with Crippen LogP contribution < -0.4 is 10.1 Å². The average molecular weight is 438 g/mol. The van der Waals surface area contributed by atoms with Crippen LogP contribution in [0.1, 0.15) is 35.8 Å². The van der Waals surface area contributed by atoms with Crippen molar-refractivity contribution in [1.29, 1.82) is 0 Å². The van der Waals surface area contributed by atoms with Crippen molar-refractivity contribution in [3.8, 4) is 5.75 Å². The highest BCUT2D eigenvalue weighted by atomic mass is 32.2. The van der Waals surface area contributed by atoms with E-state index in [-0.39, 0.29) is 16.5 Å². The molecule has 7 nitrogen and oxygen atoms in total. The Morgan fingerprint density at radius 2 is 2.07 bits per heavy atom. The van der Waals surface area contributed by atoms with Crippen LogP contribution in [-0.4, -0.2) is 54.8 Å². The second-order valence-electron chi connectivity index (χ2n) is 6.80. The van der Waals surface area contributed by atoms with Gasteiger partial charge in [0.1, 0.15) is 16.3 Å². The Labute approximate surface area is 176 Å². The Bertz CT molecular complexity index is 921. The molecule has 29 heavy (non-hydrogen) atoms. The molecule has 2 N–H and O–H groups in total. The van der Waals surface area contributed by atoms with E-state index in [2.05, 4.69) is 17.2 Å². The van der Waals surface area contributed by atoms with Crippen molar-refractivity contribution >= 4 is 27.7 Å². The summed E-state index contributed by atoms with van der Waals surface area (Å²) < 4.78 is 32.6. The first kappa shape index (κ1) is 21.7. The minimum atomic E-state index is -3.57. The van der Waals surface area contributed by atoms with Crippen LogP contribution in [0.5, 0.6) is 5.75 Å². The standard InChI is InChI=1S/C20H27N3O4S2/c1-2-3-9-27-17-6-4-5-16(12-17)14-22-20(24)19-13-18(15-21-19)29(25,26)23-7-10-28-11-8-23/h4-6,12-13,15,21H,2-3,7-11,14H2,1H3,(H,22,24). The van der Waals surface area contributed by atoms with Gasteiger partial charge in [0, 0.05) is 37.3 Å². The first-order valence-electron chi connectivity index (χ1n) is 9.77. The van der Waals surface area contributed by atoms with Crippen molar-refractivity contribution in [3.05, 3.63) is 47.8 Å². The number of hydrogen-bond acceptors (Lipinski definition) is 5. The van der Waals surface area contributed by atoms with Gasteiger partial charge in [-0.1, -0.05) is 25.5 Å². The number of H-pyrrole nitrogens is 1. The third-order valence-electron chi connectivity index (χ3n) is 4.63. The van der Waals surface area contributed by atoms with Crippen LogP contribution in [-0.2, 0) is 16.6 Å². The van der Waals surface area contributed by atoms with Crippen LogP contribution in [0.25, 0.3) is 0 Å². The number of carbonyl (C=O) groups excluding carboxylic acids is 1. The molecule has 1 amide bonds. The predicted octanol–water partition coefficient (Wildman–Crippen LogP) is 2.86. The quantitative estimate of drug-likeness (QED) is 0.589. The van der Waals surface area contributed by atoms with Gasteiger partial charge in [0.15, 0.2) is 0 Å². The van der Waals surface area contributed by atoms with Crippen molar-refractivity contribution in [3.63, 3.8) is 0 Å². The van der Waals surface area contributed by atoms with Crippen LogP contribution in [0.3, 0.4) is 0 Å². The van der Waals surface area contributed by atoms with Crippen LogP contribution in [0.2, 0.25) is 0 Å². The van der Waals surface area contributed by atoms with E-state index in [4.69, 9.17) is 4.74 Å². The molecule has 9 heteroatoms. The van der Waals surface area contributed by atoms with E-state index in [0.717, 1.165) is 35.7 Å². The van der Waals surface area contributed by atoms with Gasteiger partial charge < -0.3 is 15.0 Å². The van der Waals surface area contributed by atoms with Gasteiger partial charge in [-0.2, -0.15) is 16.1 Å². The van der Waals surface area contributed by atoms with Gasteiger partial charge >= 0.3 is 0 Å². The van der Waals surface area contributed by atoms with E-state index in [1.165, 1.54) is 16.6 Å². The van der Waals surface area contributed by atoms with Crippen molar-refractivity contribution in [2.75, 3.05) is 31.2 Å². The number of carbonyl (C=O) groups is 1. The van der Waals surface area contributed by atoms with Crippen LogP contribution in [0.4, 0.5) is 0 Å². The number of sulfonamides is 1. The number of aromatic amines is 1. The molecular weight excluding hydrogens is 410 g/mol. The summed E-state index contributed by atoms with van der Waals surface area (Å²) in [6.07, 6.45) is 3.45. The molecule has 3 rings (SSSR count). The van der Waals surface area contributed by atoms with Gasteiger partial charge in [-0.15, -0.1) is 0 Å². The fraction of sp³-hybridized carbons (Fsp3) is 0.450. The summed E-state index contributed by atoms with van der Waals surface area (Å²) in [4.78, 5) is 15.4. The first-order chi connectivity index (χ1) is 14.0. The molecule has 0 atom stereocenters. The summed E-state index contributed by atoms with van der Waals surface area (Å²) in [5.74, 6) is 2.01. The summed E-state index contributed by atoms with van der Waals surface area (Å²) in [6.45, 7) is 4.10. The molecular formula is C20H27N3O4S2. The molecule has 0 spiro atoms. The van der Waals surface area contributed by atoms with E-state index in [0.29, 0.717) is 26.2 Å². The third kappa shape index (κ3) is 5.77. The number of amides is 1. The van der Waals surface area contributed by atoms with Gasteiger partial charge in [0.25, 0.3) is 5.91 Å². The second-order valence-corrected chi connectivity index (χ2v) is 9.96. The summed E-state index contributed by atoms with van der Waals surface area (Å²) in [6, 6.07) is 8.98. The van der Waals surface area contributed by atoms with Gasteiger partial charge in [-0.3, -0.25) is 4.79 Å². The molecule has 158 valence electrons. The molecule has 1 aliphatic heterocycles. The van der Waals surface area contributed by atoms with Crippen molar-refractivity contribution in [2.24, 2.45) is 0 Å². The number of rotatable bonds is 9. The zero-order chi connectivity index (χ0) is 20.7. The first-order valence-corrected chi connectivity index (χ1v) is 12.4. The predicted molar refractivity (Wildman–Crippen MR) is 115 cm³/mol. The Morgan fingerprint density at radius 1 is 1.28 bits per heavy atom. The fourth-order valence-electron chi connectivity index (χ4n) is 2.95. The lowest BCUT2D eigenvalue weighted by molar-refractivity contribution is 0.0946. The Balaban J connectivity index is 1.58. The Hall–Kier alpha value is -1.97. The minimum Gasteiger partial charge on any atom is -0.494 e. The van der Waals surface area contributed by atoms with Gasteiger partial charge in [0.05, 0.1) is 6.61 Å². The highest BCUT2D eigenvalue weighted by molar-refractivity contribution is 7.99. The second kappa shape index (κ2) is 10.2. The summed E-state index contributed by atoms with van der Waals surface area (Å²) >= 11 is 1.74. The highest BCUT2D eigenvalue weighted by Crippen LogP contribution is 2.21. The van der Waals surface area contributed by atoms with E-state index in [9.17, 15) is 13.2 Å². The monoisotopic (exact) mass is 437 g/mol. The van der Waals surface area contributed by atoms with Crippen molar-refractivity contribution in [1.82, 2.24) is 14.6 Å². The van der Waals surface area contributed by atoms with Crippen LogP contribution >= 0.6 is 11.8 Å². The molecule has 1 fully saturated rings. The highest BCUT2D eigenvalue weighted by Gasteiger charge is 2.27. The van der Waals surface area contributed by atoms with Gasteiger partial charge in [-0.25, -0.2) is 8.42 Å². The number of aromatic nitrogens is 1. The lowest BCUT2D eigenvalue weighted by Gasteiger charge is -2.24. The molecule has 2 heterocycles. The maximum Gasteiger partial charge on any atom is 0.268 e. The lowest BCUT2D eigenvalue weighted by Crippen LogP contribution is -2.37. The number of nitrogens with zero attached hydrogens (tertiary/aromatic N) is 1. The number of hydrogen-bond donors (Lipinski definition) is 2. The Morgan fingerprint density at radius 3 is 2.83 bits per heavy atom. The van der Waals surface area contributed by atoms with E-state index in [1.807, 2.05) is 24.3 Å². The number of nitrogens with one attached hydrogen (secondary N) is 2. The smallest absolute Gasteiger partial charge is 0.268 e. The fourth-order valence-corrected chi connectivity index (χ4v) is 5.52. The number of ether oxygens (including phenoxy) is 1. The largest absolute Gasteiger partial charge is 0.494 e. The molecule has 1 saturated heterocycles. The molecule has 1 aromatic carbocycles. The number of unbranched alkanes of at least 4 members (excludes halogenated alkanes) is 1. The van der Waals surface area contributed by atoms with Crippen LogP contribution in [0, 0.1) is 0 Å². The summed E-state index contributed by atoms with van der Waals surface area (Å²) in [5.41, 5.74) is 1.14. The maximum atomic E-state index is 12.7. The lowest BCUT2D eigenvalue weighted by atomic mass is 10.2. The van der Waals surface area contributed by atoms with E-state index in [1.54, 1.807) is 11.8 Å². The Kier molecular flexibility index (Phi) is 7.63. The molecule has 2 aromatic rings. The number of benzene rings is 1. The van der Waals surface area contributed by atoms with E-state index < -0.39 is 10.0 Å². The summed E-state index contributed by atoms with van der Waals surface area (Å²) in [5, 5.41) is 2.82. The molecule has 1 aromatic heterocycles. The zero-order valence-corrected chi connectivity index (χ0v) is 18.2. The van der Waals surface area contributed by atoms with Gasteiger partial charge in [-0.05, 0) is 30.2 Å². The molecule has 0 unspecified atom stereocenters. The normalized spacial score (nSPS) is 15.2. The molecule has 0 aliphatic carbocycles. The van der Waals surface area contributed by atoms with Crippen molar-refractivity contribution in [2.45, 2.75) is 31.2 Å². The maximum absolute atomic E-state index is 12.7. The third-order valence-corrected chi connectivity index (χ3v) is 7.45. The van der Waals surface area contributed by atoms with Crippen LogP contribution in [0.15, 0.2) is 41.4 Å².